The Balaban J connectivity index is 1.59. The van der Waals surface area contributed by atoms with Crippen LogP contribution in [0.5, 0.6) is 5.75 Å². The summed E-state index contributed by atoms with van der Waals surface area (Å²) < 4.78 is 5.20. The van der Waals surface area contributed by atoms with Crippen molar-refractivity contribution in [3.8, 4) is 5.75 Å². The molecule has 0 aliphatic heterocycles. The summed E-state index contributed by atoms with van der Waals surface area (Å²) in [5, 5.41) is 5.87. The van der Waals surface area contributed by atoms with Crippen molar-refractivity contribution in [1.82, 2.24) is 10.6 Å². The molecule has 0 spiro atoms. The molecule has 3 rings (SSSR count). The molecule has 0 saturated heterocycles. The molecule has 0 fully saturated rings. The highest BCUT2D eigenvalue weighted by molar-refractivity contribution is 5.76. The zero-order valence-electron chi connectivity index (χ0n) is 16.1. The molecule has 0 radical (unpaired) electrons. The summed E-state index contributed by atoms with van der Waals surface area (Å²) in [5.74, 6) is 0.792. The lowest BCUT2D eigenvalue weighted by molar-refractivity contribution is 0.240. The first-order valence-corrected chi connectivity index (χ1v) is 9.69. The van der Waals surface area contributed by atoms with E-state index >= 15 is 0 Å². The van der Waals surface area contributed by atoms with Gasteiger partial charge in [-0.2, -0.15) is 0 Å². The Morgan fingerprint density at radius 2 is 1.96 bits per heavy atom. The molecule has 2 aromatic rings. The standard InChI is InChI=1S/C23H28N2O2/c1-3-22(20-12-11-18-8-4-5-9-19(18)16-20)25-23(26)24-14-13-17-7-6-10-21(15-17)27-2/h6-7,10-16,22H,3-5,8-9H2,1-2H3,(H2,24,25,26)/b14-13+. The van der Waals surface area contributed by atoms with E-state index in [9.17, 15) is 4.79 Å². The fourth-order valence-corrected chi connectivity index (χ4v) is 3.55. The second-order valence-electron chi connectivity index (χ2n) is 6.92. The van der Waals surface area contributed by atoms with Crippen LogP contribution in [-0.4, -0.2) is 13.1 Å². The van der Waals surface area contributed by atoms with Gasteiger partial charge in [0.1, 0.15) is 5.75 Å². The number of methoxy groups -OCH3 is 1. The topological polar surface area (TPSA) is 50.4 Å². The van der Waals surface area contributed by atoms with Gasteiger partial charge in [0.15, 0.2) is 0 Å². The molecule has 0 bridgehead atoms. The van der Waals surface area contributed by atoms with E-state index < -0.39 is 0 Å². The number of rotatable bonds is 6. The summed E-state index contributed by atoms with van der Waals surface area (Å²) in [6.07, 6.45) is 9.22. The minimum atomic E-state index is -0.196. The largest absolute Gasteiger partial charge is 0.497 e. The van der Waals surface area contributed by atoms with Crippen LogP contribution in [0.3, 0.4) is 0 Å². The summed E-state index contributed by atoms with van der Waals surface area (Å²) in [7, 11) is 1.64. The predicted octanol–water partition coefficient (Wildman–Crippen LogP) is 5.00. The van der Waals surface area contributed by atoms with Gasteiger partial charge in [-0.3, -0.25) is 0 Å². The van der Waals surface area contributed by atoms with Crippen LogP contribution in [0.15, 0.2) is 48.7 Å². The molecule has 0 saturated carbocycles. The van der Waals surface area contributed by atoms with Crippen LogP contribution < -0.4 is 15.4 Å². The van der Waals surface area contributed by atoms with Gasteiger partial charge >= 0.3 is 6.03 Å². The fraction of sp³-hybridized carbons (Fsp3) is 0.348. The van der Waals surface area contributed by atoms with Gasteiger partial charge in [0.2, 0.25) is 0 Å². The van der Waals surface area contributed by atoms with E-state index in [-0.39, 0.29) is 12.1 Å². The molecular weight excluding hydrogens is 336 g/mol. The molecule has 0 heterocycles. The van der Waals surface area contributed by atoms with Crippen molar-refractivity contribution in [1.29, 1.82) is 0 Å². The smallest absolute Gasteiger partial charge is 0.319 e. The molecule has 4 nitrogen and oxygen atoms in total. The highest BCUT2D eigenvalue weighted by atomic mass is 16.5. The third-order valence-corrected chi connectivity index (χ3v) is 5.07. The lowest BCUT2D eigenvalue weighted by Crippen LogP contribution is -2.35. The number of urea groups is 1. The quantitative estimate of drug-likeness (QED) is 0.758. The molecule has 0 aromatic heterocycles. The third-order valence-electron chi connectivity index (χ3n) is 5.07. The van der Waals surface area contributed by atoms with Gasteiger partial charge in [-0.05, 0) is 72.6 Å². The van der Waals surface area contributed by atoms with Gasteiger partial charge in [0, 0.05) is 6.20 Å². The maximum Gasteiger partial charge on any atom is 0.319 e. The van der Waals surface area contributed by atoms with Crippen LogP contribution in [-0.2, 0) is 12.8 Å². The number of hydrogen-bond acceptors (Lipinski definition) is 2. The van der Waals surface area contributed by atoms with Crippen molar-refractivity contribution in [2.45, 2.75) is 45.1 Å². The first-order valence-electron chi connectivity index (χ1n) is 9.69. The summed E-state index contributed by atoms with van der Waals surface area (Å²) in [6, 6.07) is 14.2. The number of benzene rings is 2. The molecule has 1 aliphatic carbocycles. The normalized spacial score (nSPS) is 14.4. The van der Waals surface area contributed by atoms with Gasteiger partial charge in [0.25, 0.3) is 0 Å². The van der Waals surface area contributed by atoms with Crippen molar-refractivity contribution in [2.24, 2.45) is 0 Å². The average Bonchev–Trinajstić information content (AvgIpc) is 2.72. The van der Waals surface area contributed by atoms with Gasteiger partial charge in [0.05, 0.1) is 13.2 Å². The molecule has 1 atom stereocenters. The SMILES string of the molecule is CCC(NC(=O)N/C=C/c1cccc(OC)c1)c1ccc2c(c1)CCCC2. The molecule has 2 amide bonds. The Hall–Kier alpha value is -2.75. The Labute approximate surface area is 161 Å². The highest BCUT2D eigenvalue weighted by Gasteiger charge is 2.15. The molecule has 2 N–H and O–H groups in total. The summed E-state index contributed by atoms with van der Waals surface area (Å²) in [6.45, 7) is 2.09. The minimum Gasteiger partial charge on any atom is -0.497 e. The van der Waals surface area contributed by atoms with Crippen LogP contribution >= 0.6 is 0 Å². The van der Waals surface area contributed by atoms with E-state index in [1.54, 1.807) is 13.3 Å². The maximum atomic E-state index is 12.3. The zero-order valence-corrected chi connectivity index (χ0v) is 16.1. The summed E-state index contributed by atoms with van der Waals surface area (Å²) in [5.41, 5.74) is 5.06. The second kappa shape index (κ2) is 9.26. The van der Waals surface area contributed by atoms with Crippen molar-refractivity contribution in [3.63, 3.8) is 0 Å². The van der Waals surface area contributed by atoms with E-state index in [1.165, 1.54) is 36.0 Å². The maximum absolute atomic E-state index is 12.3. The van der Waals surface area contributed by atoms with Crippen LogP contribution in [0.2, 0.25) is 0 Å². The Morgan fingerprint density at radius 3 is 2.74 bits per heavy atom. The number of aryl methyl sites for hydroxylation is 2. The number of amides is 2. The molecule has 1 aliphatic rings. The van der Waals surface area contributed by atoms with E-state index in [1.807, 2.05) is 30.3 Å². The highest BCUT2D eigenvalue weighted by Crippen LogP contribution is 2.26. The first kappa shape index (κ1) is 19.0. The van der Waals surface area contributed by atoms with Gasteiger partial charge < -0.3 is 15.4 Å². The lowest BCUT2D eigenvalue weighted by Gasteiger charge is -2.21. The van der Waals surface area contributed by atoms with Crippen LogP contribution in [0.25, 0.3) is 6.08 Å². The third kappa shape index (κ3) is 5.13. The van der Waals surface area contributed by atoms with E-state index in [0.717, 1.165) is 24.2 Å². The van der Waals surface area contributed by atoms with Gasteiger partial charge in [-0.1, -0.05) is 37.3 Å². The van der Waals surface area contributed by atoms with Gasteiger partial charge in [-0.15, -0.1) is 0 Å². The Morgan fingerprint density at radius 1 is 1.15 bits per heavy atom. The number of fused-ring (bicyclic) bond motifs is 1. The number of carbonyl (C=O) groups is 1. The Kier molecular flexibility index (Phi) is 6.53. The van der Waals surface area contributed by atoms with E-state index in [4.69, 9.17) is 4.74 Å². The molecule has 142 valence electrons. The lowest BCUT2D eigenvalue weighted by atomic mass is 9.89. The molecule has 4 heteroatoms. The van der Waals surface area contributed by atoms with Crippen molar-refractivity contribution < 1.29 is 9.53 Å². The fourth-order valence-electron chi connectivity index (χ4n) is 3.55. The second-order valence-corrected chi connectivity index (χ2v) is 6.92. The van der Waals surface area contributed by atoms with Crippen molar-refractivity contribution in [3.05, 3.63) is 70.9 Å². The molecular formula is C23H28N2O2. The number of hydrogen-bond donors (Lipinski definition) is 2. The summed E-state index contributed by atoms with van der Waals surface area (Å²) in [4.78, 5) is 12.3. The van der Waals surface area contributed by atoms with Crippen LogP contribution in [0, 0.1) is 0 Å². The molecule has 27 heavy (non-hydrogen) atoms. The van der Waals surface area contributed by atoms with E-state index in [2.05, 4.69) is 35.8 Å². The first-order chi connectivity index (χ1) is 13.2. The predicted molar refractivity (Wildman–Crippen MR) is 110 cm³/mol. The van der Waals surface area contributed by atoms with Gasteiger partial charge in [-0.25, -0.2) is 4.79 Å². The molecule has 2 aromatic carbocycles. The number of carbonyl (C=O) groups excluding carboxylic acids is 1. The number of nitrogens with one attached hydrogen (secondary N) is 2. The minimum absolute atomic E-state index is 0.0162. The van der Waals surface area contributed by atoms with E-state index in [0.29, 0.717) is 0 Å². The molecule has 1 unspecified atom stereocenters. The number of ether oxygens (including phenoxy) is 1. The van der Waals surface area contributed by atoms with Crippen LogP contribution in [0.4, 0.5) is 4.79 Å². The van der Waals surface area contributed by atoms with Crippen molar-refractivity contribution >= 4 is 12.1 Å². The average molecular weight is 364 g/mol. The summed E-state index contributed by atoms with van der Waals surface area (Å²) >= 11 is 0. The zero-order chi connectivity index (χ0) is 19.1. The van der Waals surface area contributed by atoms with Crippen LogP contribution in [0.1, 0.15) is 54.5 Å². The van der Waals surface area contributed by atoms with Crippen molar-refractivity contribution in [2.75, 3.05) is 7.11 Å². The Bertz CT molecular complexity index is 814. The monoisotopic (exact) mass is 364 g/mol.